The zero-order valence-corrected chi connectivity index (χ0v) is 23.7. The van der Waals surface area contributed by atoms with E-state index in [1.807, 2.05) is 30.3 Å². The maximum Gasteiger partial charge on any atom is 0.305 e. The SMILES string of the molecule is CC(C)(C)C1CCC(N(C(=O)Cc2cccc3c2OCO3)C2CCc3cc(C(=O)NCCC(=O)O)ccc32)CC1. The summed E-state index contributed by atoms with van der Waals surface area (Å²) in [5.41, 5.74) is 3.80. The van der Waals surface area contributed by atoms with Gasteiger partial charge in [-0.15, -0.1) is 0 Å². The molecule has 2 aromatic carbocycles. The minimum atomic E-state index is -0.946. The molecule has 0 bridgehead atoms. The number of aliphatic carboxylic acids is 1. The lowest BCUT2D eigenvalue weighted by Gasteiger charge is -2.43. The quantitative estimate of drug-likeness (QED) is 0.465. The van der Waals surface area contributed by atoms with E-state index in [4.69, 9.17) is 14.6 Å². The number of fused-ring (bicyclic) bond motifs is 2. The van der Waals surface area contributed by atoms with Gasteiger partial charge in [0.05, 0.1) is 18.9 Å². The van der Waals surface area contributed by atoms with Gasteiger partial charge in [-0.3, -0.25) is 14.4 Å². The van der Waals surface area contributed by atoms with Crippen molar-refractivity contribution in [2.45, 2.75) is 84.2 Å². The summed E-state index contributed by atoms with van der Waals surface area (Å²) in [7, 11) is 0. The van der Waals surface area contributed by atoms with Crippen LogP contribution in [-0.2, 0) is 22.4 Å². The molecule has 0 aromatic heterocycles. The van der Waals surface area contributed by atoms with Crippen LogP contribution in [0.15, 0.2) is 36.4 Å². The second-order valence-corrected chi connectivity index (χ2v) is 12.4. The molecule has 1 fully saturated rings. The van der Waals surface area contributed by atoms with Gasteiger partial charge in [0.1, 0.15) is 0 Å². The van der Waals surface area contributed by atoms with E-state index < -0.39 is 5.97 Å². The van der Waals surface area contributed by atoms with Crippen LogP contribution in [0.25, 0.3) is 0 Å². The molecule has 2 N–H and O–H groups in total. The van der Waals surface area contributed by atoms with Crippen LogP contribution in [0.3, 0.4) is 0 Å². The Morgan fingerprint density at radius 1 is 1.02 bits per heavy atom. The van der Waals surface area contributed by atoms with E-state index >= 15 is 0 Å². The summed E-state index contributed by atoms with van der Waals surface area (Å²) in [6, 6.07) is 11.5. The second-order valence-electron chi connectivity index (χ2n) is 12.4. The maximum absolute atomic E-state index is 14.2. The van der Waals surface area contributed by atoms with Crippen molar-refractivity contribution < 1.29 is 29.0 Å². The van der Waals surface area contributed by atoms with Crippen molar-refractivity contribution in [2.75, 3.05) is 13.3 Å². The Bertz CT molecular complexity index is 1270. The first-order valence-corrected chi connectivity index (χ1v) is 14.4. The van der Waals surface area contributed by atoms with Crippen LogP contribution in [-0.4, -0.2) is 47.2 Å². The molecule has 2 aliphatic carbocycles. The second kappa shape index (κ2) is 11.5. The van der Waals surface area contributed by atoms with Gasteiger partial charge in [0.2, 0.25) is 12.7 Å². The van der Waals surface area contributed by atoms with Crippen LogP contribution in [0.1, 0.15) is 92.4 Å². The van der Waals surface area contributed by atoms with E-state index in [-0.39, 0.29) is 55.5 Å². The molecule has 0 radical (unpaired) electrons. The first-order chi connectivity index (χ1) is 19.1. The number of nitrogens with one attached hydrogen (secondary N) is 1. The highest BCUT2D eigenvalue weighted by Gasteiger charge is 2.39. The highest BCUT2D eigenvalue weighted by atomic mass is 16.7. The lowest BCUT2D eigenvalue weighted by molar-refractivity contribution is -0.138. The average Bonchev–Trinajstić information content (AvgIpc) is 3.56. The first kappa shape index (κ1) is 28.0. The summed E-state index contributed by atoms with van der Waals surface area (Å²) in [5.74, 6) is 0.859. The van der Waals surface area contributed by atoms with Gasteiger partial charge >= 0.3 is 5.97 Å². The fourth-order valence-electron chi connectivity index (χ4n) is 6.65. The summed E-state index contributed by atoms with van der Waals surface area (Å²) in [4.78, 5) is 39.7. The molecule has 8 nitrogen and oxygen atoms in total. The van der Waals surface area contributed by atoms with Crippen LogP contribution in [0.5, 0.6) is 11.5 Å². The number of rotatable bonds is 8. The molecule has 5 rings (SSSR count). The number of nitrogens with zero attached hydrogens (tertiary/aromatic N) is 1. The van der Waals surface area contributed by atoms with Gasteiger partial charge in [0, 0.05) is 23.7 Å². The van der Waals surface area contributed by atoms with Gasteiger partial charge in [-0.05, 0) is 79.2 Å². The minimum absolute atomic E-state index is 0.0447. The number of ether oxygens (including phenoxy) is 2. The maximum atomic E-state index is 14.2. The number of carboxylic acid groups (broad SMARTS) is 1. The number of hydrogen-bond donors (Lipinski definition) is 2. The van der Waals surface area contributed by atoms with E-state index in [0.717, 1.165) is 55.2 Å². The topological polar surface area (TPSA) is 105 Å². The van der Waals surface area contributed by atoms with Gasteiger partial charge in [0.25, 0.3) is 5.91 Å². The lowest BCUT2D eigenvalue weighted by Crippen LogP contribution is -2.45. The predicted molar refractivity (Wildman–Crippen MR) is 150 cm³/mol. The number of carbonyl (C=O) groups is 3. The molecule has 2 amide bonds. The third-order valence-corrected chi connectivity index (χ3v) is 8.83. The molecule has 1 saturated carbocycles. The third-order valence-electron chi connectivity index (χ3n) is 8.83. The molecule has 0 spiro atoms. The van der Waals surface area contributed by atoms with Crippen molar-refractivity contribution >= 4 is 17.8 Å². The summed E-state index contributed by atoms with van der Waals surface area (Å²) in [6.07, 6.45) is 5.91. The van der Waals surface area contributed by atoms with Crippen LogP contribution >= 0.6 is 0 Å². The molecule has 1 unspecified atom stereocenters. The lowest BCUT2D eigenvalue weighted by atomic mass is 9.71. The molecule has 8 heteroatoms. The van der Waals surface area contributed by atoms with Crippen molar-refractivity contribution in [2.24, 2.45) is 11.3 Å². The molecule has 214 valence electrons. The van der Waals surface area contributed by atoms with E-state index in [2.05, 4.69) is 31.0 Å². The van der Waals surface area contributed by atoms with Crippen LogP contribution < -0.4 is 14.8 Å². The highest BCUT2D eigenvalue weighted by Crippen LogP contribution is 2.44. The third kappa shape index (κ3) is 5.96. The zero-order valence-electron chi connectivity index (χ0n) is 23.7. The van der Waals surface area contributed by atoms with Gasteiger partial charge in [-0.25, -0.2) is 0 Å². The molecule has 0 saturated heterocycles. The van der Waals surface area contributed by atoms with E-state index in [1.165, 1.54) is 0 Å². The van der Waals surface area contributed by atoms with Crippen LogP contribution in [0.2, 0.25) is 0 Å². The molecule has 1 heterocycles. The number of carboxylic acids is 1. The summed E-state index contributed by atoms with van der Waals surface area (Å²) in [6.45, 7) is 7.18. The Morgan fingerprint density at radius 2 is 1.80 bits per heavy atom. The number of benzene rings is 2. The summed E-state index contributed by atoms with van der Waals surface area (Å²) >= 11 is 0. The molecule has 2 aromatic rings. The predicted octanol–water partition coefficient (Wildman–Crippen LogP) is 5.28. The Kier molecular flexibility index (Phi) is 8.06. The number of para-hydroxylation sites is 1. The zero-order chi connectivity index (χ0) is 28.4. The standard InChI is InChI=1S/C32H40N2O6/c1-32(2,3)23-9-11-24(12-10-23)34(28(35)18-21-5-4-6-27-30(21)40-19-39-27)26-14-8-20-17-22(7-13-25(20)26)31(38)33-16-15-29(36)37/h4-7,13,17,23-24,26H,8-12,14-16,18-19H2,1-3H3,(H,33,38)(H,36,37). The van der Waals surface area contributed by atoms with Crippen molar-refractivity contribution in [3.05, 3.63) is 58.7 Å². The van der Waals surface area contributed by atoms with Crippen LogP contribution in [0, 0.1) is 11.3 Å². The summed E-state index contributed by atoms with van der Waals surface area (Å²) in [5, 5.41) is 11.5. The van der Waals surface area contributed by atoms with E-state index in [1.54, 1.807) is 6.07 Å². The smallest absolute Gasteiger partial charge is 0.305 e. The number of carbonyl (C=O) groups excluding carboxylic acids is 2. The largest absolute Gasteiger partial charge is 0.481 e. The van der Waals surface area contributed by atoms with Gasteiger partial charge < -0.3 is 24.8 Å². The number of hydrogen-bond acceptors (Lipinski definition) is 5. The molecule has 1 atom stereocenters. The molecule has 1 aliphatic heterocycles. The number of amides is 2. The Morgan fingerprint density at radius 3 is 2.52 bits per heavy atom. The normalized spacial score (nSPS) is 21.5. The van der Waals surface area contributed by atoms with E-state index in [9.17, 15) is 14.4 Å². The molecule has 40 heavy (non-hydrogen) atoms. The Labute approximate surface area is 236 Å². The Balaban J connectivity index is 1.38. The van der Waals surface area contributed by atoms with Gasteiger partial charge in [0.15, 0.2) is 11.5 Å². The average molecular weight is 549 g/mol. The number of aryl methyl sites for hydroxylation is 1. The Hall–Kier alpha value is -3.55. The minimum Gasteiger partial charge on any atom is -0.481 e. The fourth-order valence-corrected chi connectivity index (χ4v) is 6.65. The fraction of sp³-hybridized carbons (Fsp3) is 0.531. The molecule has 3 aliphatic rings. The van der Waals surface area contributed by atoms with Gasteiger partial charge in [-0.1, -0.05) is 39.0 Å². The van der Waals surface area contributed by atoms with Crippen LogP contribution in [0.4, 0.5) is 0 Å². The first-order valence-electron chi connectivity index (χ1n) is 14.4. The molecular formula is C32H40N2O6. The monoisotopic (exact) mass is 548 g/mol. The van der Waals surface area contributed by atoms with Gasteiger partial charge in [-0.2, -0.15) is 0 Å². The highest BCUT2D eigenvalue weighted by molar-refractivity contribution is 5.94. The van der Waals surface area contributed by atoms with Crippen molar-refractivity contribution in [3.8, 4) is 11.5 Å². The van der Waals surface area contributed by atoms with Crippen molar-refractivity contribution in [1.82, 2.24) is 10.2 Å². The molecular weight excluding hydrogens is 508 g/mol. The van der Waals surface area contributed by atoms with Crippen molar-refractivity contribution in [3.63, 3.8) is 0 Å². The van der Waals surface area contributed by atoms with Crippen molar-refractivity contribution in [1.29, 1.82) is 0 Å². The van der Waals surface area contributed by atoms with E-state index in [0.29, 0.717) is 23.0 Å². The summed E-state index contributed by atoms with van der Waals surface area (Å²) < 4.78 is 11.2.